The van der Waals surface area contributed by atoms with Gasteiger partial charge < -0.3 is 10.6 Å². The fraction of sp³-hybridized carbons (Fsp3) is 0.519. The number of hydrogen-bond acceptors (Lipinski definition) is 4. The quantitative estimate of drug-likeness (QED) is 0.662. The largest absolute Gasteiger partial charge is 0.353 e. The zero-order valence-corrected chi connectivity index (χ0v) is 19.8. The van der Waals surface area contributed by atoms with Gasteiger partial charge in [0.05, 0.1) is 0 Å². The van der Waals surface area contributed by atoms with Crippen LogP contribution in [0.25, 0.3) is 0 Å². The van der Waals surface area contributed by atoms with Gasteiger partial charge in [0.2, 0.25) is 5.91 Å². The molecule has 2 fully saturated rings. The number of rotatable bonds is 6. The van der Waals surface area contributed by atoms with Crippen molar-refractivity contribution in [2.45, 2.75) is 70.9 Å². The number of amides is 2. The van der Waals surface area contributed by atoms with E-state index in [0.717, 1.165) is 55.7 Å². The summed E-state index contributed by atoms with van der Waals surface area (Å²) in [5.41, 5.74) is 3.17. The van der Waals surface area contributed by atoms with Crippen LogP contribution in [0.2, 0.25) is 0 Å². The fourth-order valence-electron chi connectivity index (χ4n) is 5.07. The van der Waals surface area contributed by atoms with E-state index in [1.165, 1.54) is 19.3 Å². The number of aryl methyl sites for hydroxylation is 1. The van der Waals surface area contributed by atoms with Gasteiger partial charge in [-0.2, -0.15) is 0 Å². The van der Waals surface area contributed by atoms with Gasteiger partial charge in [0, 0.05) is 29.4 Å². The first-order valence-electron chi connectivity index (χ1n) is 12.4. The first-order valence-corrected chi connectivity index (χ1v) is 12.4. The van der Waals surface area contributed by atoms with Gasteiger partial charge in [0.15, 0.2) is 0 Å². The number of nitrogens with one attached hydrogen (secondary N) is 2. The molecule has 1 aromatic carbocycles. The number of carbonyl (C=O) groups is 2. The van der Waals surface area contributed by atoms with Crippen LogP contribution in [0.3, 0.4) is 0 Å². The first kappa shape index (κ1) is 23.4. The average molecular weight is 449 g/mol. The summed E-state index contributed by atoms with van der Waals surface area (Å²) in [6.07, 6.45) is 7.85. The summed E-state index contributed by atoms with van der Waals surface area (Å²) in [5, 5.41) is 6.28. The second-order valence-electron chi connectivity index (χ2n) is 9.57. The molecule has 6 heteroatoms. The number of nitrogens with zero attached hydrogens (tertiary/aromatic N) is 2. The number of hydrogen-bond donors (Lipinski definition) is 2. The Morgan fingerprint density at radius 3 is 2.45 bits per heavy atom. The van der Waals surface area contributed by atoms with Crippen LogP contribution >= 0.6 is 0 Å². The zero-order chi connectivity index (χ0) is 23.2. The van der Waals surface area contributed by atoms with Crippen LogP contribution in [0.4, 0.5) is 5.69 Å². The number of likely N-dealkylation sites (tertiary alicyclic amines) is 1. The number of anilines is 1. The Balaban J connectivity index is 1.31. The molecule has 1 aliphatic heterocycles. The Labute approximate surface area is 197 Å². The molecule has 4 rings (SSSR count). The van der Waals surface area contributed by atoms with Crippen LogP contribution in [-0.2, 0) is 4.79 Å². The standard InChI is InChI=1S/C27H36N4O2/c1-19-8-6-13-25(28-19)27(33)30-24-12-7-9-22(18-24)20(2)31-16-14-21(15-17-31)26(32)29-23-10-4-3-5-11-23/h6-9,12-13,18,20-21,23H,3-5,10-11,14-17H2,1-2H3,(H,29,32)(H,30,33). The number of pyridine rings is 1. The molecule has 2 aromatic rings. The highest BCUT2D eigenvalue weighted by Crippen LogP contribution is 2.28. The average Bonchev–Trinajstić information content (AvgIpc) is 2.84. The molecule has 2 N–H and O–H groups in total. The number of carbonyl (C=O) groups excluding carboxylic acids is 2. The summed E-state index contributed by atoms with van der Waals surface area (Å²) in [6.45, 7) is 5.90. The Kier molecular flexibility index (Phi) is 7.76. The Hall–Kier alpha value is -2.73. The second kappa shape index (κ2) is 10.9. The first-order chi connectivity index (χ1) is 16.0. The Bertz CT molecular complexity index is 962. The van der Waals surface area contributed by atoms with Gasteiger partial charge in [-0.05, 0) is 82.4 Å². The van der Waals surface area contributed by atoms with Crippen molar-refractivity contribution in [1.82, 2.24) is 15.2 Å². The molecule has 1 saturated carbocycles. The van der Waals surface area contributed by atoms with E-state index in [2.05, 4.69) is 33.5 Å². The second-order valence-corrected chi connectivity index (χ2v) is 9.57. The number of aromatic nitrogens is 1. The molecular weight excluding hydrogens is 412 g/mol. The maximum atomic E-state index is 12.7. The minimum atomic E-state index is -0.201. The van der Waals surface area contributed by atoms with Crippen molar-refractivity contribution in [3.63, 3.8) is 0 Å². The minimum Gasteiger partial charge on any atom is -0.353 e. The van der Waals surface area contributed by atoms with E-state index in [1.807, 2.05) is 37.3 Å². The highest BCUT2D eigenvalue weighted by molar-refractivity contribution is 6.02. The highest BCUT2D eigenvalue weighted by atomic mass is 16.2. The van der Waals surface area contributed by atoms with Crippen LogP contribution in [0, 0.1) is 12.8 Å². The summed E-state index contributed by atoms with van der Waals surface area (Å²) in [4.78, 5) is 32.0. The molecule has 1 saturated heterocycles. The highest BCUT2D eigenvalue weighted by Gasteiger charge is 2.29. The van der Waals surface area contributed by atoms with Crippen LogP contribution in [0.5, 0.6) is 0 Å². The van der Waals surface area contributed by atoms with E-state index < -0.39 is 0 Å². The van der Waals surface area contributed by atoms with Gasteiger partial charge in [-0.3, -0.25) is 14.5 Å². The van der Waals surface area contributed by atoms with E-state index in [-0.39, 0.29) is 23.8 Å². The Morgan fingerprint density at radius 2 is 1.73 bits per heavy atom. The van der Waals surface area contributed by atoms with Crippen LogP contribution < -0.4 is 10.6 Å². The van der Waals surface area contributed by atoms with E-state index in [9.17, 15) is 9.59 Å². The van der Waals surface area contributed by atoms with Gasteiger partial charge in [0.25, 0.3) is 5.91 Å². The van der Waals surface area contributed by atoms with Gasteiger partial charge in [-0.25, -0.2) is 4.98 Å². The molecule has 1 aliphatic carbocycles. The molecule has 0 radical (unpaired) electrons. The maximum Gasteiger partial charge on any atom is 0.274 e. The predicted molar refractivity (Wildman–Crippen MR) is 131 cm³/mol. The topological polar surface area (TPSA) is 74.3 Å². The summed E-state index contributed by atoms with van der Waals surface area (Å²) in [6, 6.07) is 14.1. The van der Waals surface area contributed by atoms with Crippen molar-refractivity contribution in [2.24, 2.45) is 5.92 Å². The molecule has 0 bridgehead atoms. The van der Waals surface area contributed by atoms with Crippen molar-refractivity contribution < 1.29 is 9.59 Å². The lowest BCUT2D eigenvalue weighted by Gasteiger charge is -2.36. The van der Waals surface area contributed by atoms with Crippen molar-refractivity contribution in [1.29, 1.82) is 0 Å². The minimum absolute atomic E-state index is 0.128. The lowest BCUT2D eigenvalue weighted by Crippen LogP contribution is -2.44. The predicted octanol–water partition coefficient (Wildman–Crippen LogP) is 4.86. The van der Waals surface area contributed by atoms with Gasteiger partial charge in [-0.1, -0.05) is 37.5 Å². The van der Waals surface area contributed by atoms with E-state index in [4.69, 9.17) is 0 Å². The van der Waals surface area contributed by atoms with Gasteiger partial charge >= 0.3 is 0 Å². The molecule has 33 heavy (non-hydrogen) atoms. The monoisotopic (exact) mass is 448 g/mol. The van der Waals surface area contributed by atoms with Crippen LogP contribution in [0.1, 0.15) is 79.7 Å². The van der Waals surface area contributed by atoms with Gasteiger partial charge in [-0.15, -0.1) is 0 Å². The molecule has 1 aromatic heterocycles. The molecular formula is C27H36N4O2. The number of piperidine rings is 1. The molecule has 2 amide bonds. The van der Waals surface area contributed by atoms with Crippen molar-refractivity contribution in [2.75, 3.05) is 18.4 Å². The maximum absolute atomic E-state index is 12.7. The third-order valence-electron chi connectivity index (χ3n) is 7.15. The molecule has 176 valence electrons. The van der Waals surface area contributed by atoms with E-state index in [0.29, 0.717) is 11.7 Å². The third-order valence-corrected chi connectivity index (χ3v) is 7.15. The fourth-order valence-corrected chi connectivity index (χ4v) is 5.07. The van der Waals surface area contributed by atoms with Crippen LogP contribution in [-0.4, -0.2) is 40.8 Å². The van der Waals surface area contributed by atoms with E-state index in [1.54, 1.807) is 6.07 Å². The van der Waals surface area contributed by atoms with Crippen molar-refractivity contribution in [3.8, 4) is 0 Å². The van der Waals surface area contributed by atoms with E-state index >= 15 is 0 Å². The summed E-state index contributed by atoms with van der Waals surface area (Å²) >= 11 is 0. The molecule has 2 heterocycles. The van der Waals surface area contributed by atoms with Gasteiger partial charge in [0.1, 0.15) is 5.69 Å². The SMILES string of the molecule is Cc1cccc(C(=O)Nc2cccc(C(C)N3CCC(C(=O)NC4CCCCC4)CC3)c2)n1. The lowest BCUT2D eigenvalue weighted by molar-refractivity contribution is -0.127. The normalized spacial score (nSPS) is 19.1. The summed E-state index contributed by atoms with van der Waals surface area (Å²) in [5.74, 6) is 0.180. The molecule has 0 spiro atoms. The van der Waals surface area contributed by atoms with Crippen LogP contribution in [0.15, 0.2) is 42.5 Å². The smallest absolute Gasteiger partial charge is 0.274 e. The molecule has 1 atom stereocenters. The zero-order valence-electron chi connectivity index (χ0n) is 19.8. The Morgan fingerprint density at radius 1 is 1.00 bits per heavy atom. The summed E-state index contributed by atoms with van der Waals surface area (Å²) in [7, 11) is 0. The third kappa shape index (κ3) is 6.20. The summed E-state index contributed by atoms with van der Waals surface area (Å²) < 4.78 is 0. The molecule has 6 nitrogen and oxygen atoms in total. The molecule has 2 aliphatic rings. The lowest BCUT2D eigenvalue weighted by atomic mass is 9.91. The number of benzene rings is 1. The van der Waals surface area contributed by atoms with Crippen molar-refractivity contribution in [3.05, 3.63) is 59.4 Å². The molecule has 1 unspecified atom stereocenters. The van der Waals surface area contributed by atoms with Crippen molar-refractivity contribution >= 4 is 17.5 Å².